The molecule has 0 amide bonds. The summed E-state index contributed by atoms with van der Waals surface area (Å²) in [4.78, 5) is 4.21. The van der Waals surface area contributed by atoms with Crippen LogP contribution in [0.4, 0.5) is 0 Å². The summed E-state index contributed by atoms with van der Waals surface area (Å²) in [6.07, 6.45) is 1.54. The van der Waals surface area contributed by atoms with Crippen molar-refractivity contribution < 1.29 is 9.84 Å². The van der Waals surface area contributed by atoms with Gasteiger partial charge in [-0.2, -0.15) is 5.10 Å². The van der Waals surface area contributed by atoms with E-state index in [1.807, 2.05) is 22.9 Å². The maximum Gasteiger partial charge on any atom is 0.164 e. The summed E-state index contributed by atoms with van der Waals surface area (Å²) < 4.78 is 8.44. The SMILES string of the molecule is CC(C)Cn1ncnc1COc1ccc(Br)c(CO)c1. The van der Waals surface area contributed by atoms with Crippen molar-refractivity contribution in [2.24, 2.45) is 5.92 Å². The van der Waals surface area contributed by atoms with Gasteiger partial charge in [0.25, 0.3) is 0 Å². The molecule has 2 rings (SSSR count). The van der Waals surface area contributed by atoms with Gasteiger partial charge in [0.1, 0.15) is 18.7 Å². The molecule has 6 heteroatoms. The molecule has 1 heterocycles. The second-order valence-electron chi connectivity index (χ2n) is 4.95. The number of hydrogen-bond donors (Lipinski definition) is 1. The molecule has 1 N–H and O–H groups in total. The Hall–Kier alpha value is -1.40. The number of aliphatic hydroxyl groups excluding tert-OH is 1. The average Bonchev–Trinajstić information content (AvgIpc) is 2.84. The van der Waals surface area contributed by atoms with E-state index in [0.717, 1.165) is 22.4 Å². The first kappa shape index (κ1) is 15.0. The van der Waals surface area contributed by atoms with E-state index in [4.69, 9.17) is 4.74 Å². The van der Waals surface area contributed by atoms with Crippen LogP contribution < -0.4 is 4.74 Å². The quantitative estimate of drug-likeness (QED) is 0.878. The van der Waals surface area contributed by atoms with E-state index in [0.29, 0.717) is 18.3 Å². The average molecular weight is 340 g/mol. The van der Waals surface area contributed by atoms with Crippen LogP contribution in [0.1, 0.15) is 25.2 Å². The van der Waals surface area contributed by atoms with Crippen molar-refractivity contribution >= 4 is 15.9 Å². The Morgan fingerprint density at radius 2 is 2.20 bits per heavy atom. The third kappa shape index (κ3) is 3.80. The molecule has 1 aromatic carbocycles. The van der Waals surface area contributed by atoms with Crippen molar-refractivity contribution in [2.75, 3.05) is 0 Å². The fraction of sp³-hybridized carbons (Fsp3) is 0.429. The number of benzene rings is 1. The summed E-state index contributed by atoms with van der Waals surface area (Å²) in [6, 6.07) is 5.53. The molecule has 0 atom stereocenters. The lowest BCUT2D eigenvalue weighted by Crippen LogP contribution is -2.12. The van der Waals surface area contributed by atoms with Gasteiger partial charge in [-0.1, -0.05) is 29.8 Å². The number of halogens is 1. The Morgan fingerprint density at radius 1 is 1.40 bits per heavy atom. The zero-order valence-corrected chi connectivity index (χ0v) is 13.2. The second kappa shape index (κ2) is 6.85. The van der Waals surface area contributed by atoms with Crippen LogP contribution in [-0.2, 0) is 19.8 Å². The van der Waals surface area contributed by atoms with Crippen LogP contribution in [0, 0.1) is 5.92 Å². The maximum atomic E-state index is 9.23. The highest BCUT2D eigenvalue weighted by Crippen LogP contribution is 2.23. The standard InChI is InChI=1S/C14H18BrN3O2/c1-10(2)6-18-14(16-9-17-18)8-20-12-3-4-13(15)11(5-12)7-19/h3-5,9-10,19H,6-8H2,1-2H3. The number of ether oxygens (including phenoxy) is 1. The van der Waals surface area contributed by atoms with E-state index >= 15 is 0 Å². The van der Waals surface area contributed by atoms with Gasteiger partial charge in [-0.05, 0) is 29.7 Å². The van der Waals surface area contributed by atoms with Gasteiger partial charge >= 0.3 is 0 Å². The topological polar surface area (TPSA) is 60.2 Å². The predicted octanol–water partition coefficient (Wildman–Crippen LogP) is 2.77. The van der Waals surface area contributed by atoms with Gasteiger partial charge in [0.15, 0.2) is 5.82 Å². The molecule has 0 radical (unpaired) electrons. The number of nitrogens with zero attached hydrogens (tertiary/aromatic N) is 3. The van der Waals surface area contributed by atoms with Crippen molar-refractivity contribution in [2.45, 2.75) is 33.6 Å². The van der Waals surface area contributed by atoms with E-state index in [2.05, 4.69) is 39.9 Å². The van der Waals surface area contributed by atoms with E-state index < -0.39 is 0 Å². The molecular formula is C14H18BrN3O2. The van der Waals surface area contributed by atoms with E-state index in [1.165, 1.54) is 0 Å². The Balaban J connectivity index is 2.03. The normalized spacial score (nSPS) is 11.1. The minimum Gasteiger partial charge on any atom is -0.486 e. The summed E-state index contributed by atoms with van der Waals surface area (Å²) in [5.41, 5.74) is 0.797. The van der Waals surface area contributed by atoms with Crippen LogP contribution in [-0.4, -0.2) is 19.9 Å². The molecule has 0 spiro atoms. The molecule has 0 saturated heterocycles. The first-order chi connectivity index (χ1) is 9.60. The van der Waals surface area contributed by atoms with Crippen molar-refractivity contribution in [3.8, 4) is 5.75 Å². The first-order valence-corrected chi connectivity index (χ1v) is 7.28. The lowest BCUT2D eigenvalue weighted by Gasteiger charge is -2.10. The maximum absolute atomic E-state index is 9.23. The van der Waals surface area contributed by atoms with E-state index in [-0.39, 0.29) is 6.61 Å². The molecular weight excluding hydrogens is 322 g/mol. The van der Waals surface area contributed by atoms with E-state index in [1.54, 1.807) is 6.33 Å². The second-order valence-corrected chi connectivity index (χ2v) is 5.81. The molecule has 0 fully saturated rings. The third-order valence-electron chi connectivity index (χ3n) is 2.79. The summed E-state index contributed by atoms with van der Waals surface area (Å²) >= 11 is 3.38. The zero-order chi connectivity index (χ0) is 14.5. The molecule has 0 aliphatic rings. The Morgan fingerprint density at radius 3 is 2.90 bits per heavy atom. The minimum absolute atomic E-state index is 0.0265. The minimum atomic E-state index is -0.0265. The molecule has 0 aliphatic carbocycles. The van der Waals surface area contributed by atoms with Crippen LogP contribution in [0.5, 0.6) is 5.75 Å². The highest BCUT2D eigenvalue weighted by atomic mass is 79.9. The molecule has 1 aromatic heterocycles. The number of aromatic nitrogens is 3. The molecule has 20 heavy (non-hydrogen) atoms. The lowest BCUT2D eigenvalue weighted by atomic mass is 10.2. The van der Waals surface area contributed by atoms with Crippen molar-refractivity contribution in [3.05, 3.63) is 40.4 Å². The summed E-state index contributed by atoms with van der Waals surface area (Å²) in [5.74, 6) is 2.01. The van der Waals surface area contributed by atoms with Crippen molar-refractivity contribution in [1.82, 2.24) is 14.8 Å². The van der Waals surface area contributed by atoms with Crippen LogP contribution in [0.15, 0.2) is 29.0 Å². The summed E-state index contributed by atoms with van der Waals surface area (Å²) in [7, 11) is 0. The highest BCUT2D eigenvalue weighted by molar-refractivity contribution is 9.10. The lowest BCUT2D eigenvalue weighted by molar-refractivity contribution is 0.272. The smallest absolute Gasteiger partial charge is 0.164 e. The van der Waals surface area contributed by atoms with Gasteiger partial charge in [0.05, 0.1) is 6.61 Å². The molecule has 108 valence electrons. The first-order valence-electron chi connectivity index (χ1n) is 6.49. The summed E-state index contributed by atoms with van der Waals surface area (Å²) in [5, 5.41) is 13.4. The fourth-order valence-electron chi connectivity index (χ4n) is 1.81. The monoisotopic (exact) mass is 339 g/mol. The molecule has 5 nitrogen and oxygen atoms in total. The Bertz CT molecular complexity index is 569. The molecule has 0 unspecified atom stereocenters. The van der Waals surface area contributed by atoms with Gasteiger partial charge < -0.3 is 9.84 Å². The van der Waals surface area contributed by atoms with Gasteiger partial charge in [-0.25, -0.2) is 9.67 Å². The predicted molar refractivity (Wildman–Crippen MR) is 79.3 cm³/mol. The Labute approximate surface area is 126 Å². The zero-order valence-electron chi connectivity index (χ0n) is 11.6. The number of aliphatic hydroxyl groups is 1. The van der Waals surface area contributed by atoms with E-state index in [9.17, 15) is 5.11 Å². The summed E-state index contributed by atoms with van der Waals surface area (Å²) in [6.45, 7) is 5.42. The third-order valence-corrected chi connectivity index (χ3v) is 3.56. The van der Waals surface area contributed by atoms with Gasteiger partial charge in [0, 0.05) is 11.0 Å². The molecule has 0 saturated carbocycles. The van der Waals surface area contributed by atoms with Gasteiger partial charge in [0.2, 0.25) is 0 Å². The van der Waals surface area contributed by atoms with Crippen molar-refractivity contribution in [1.29, 1.82) is 0 Å². The van der Waals surface area contributed by atoms with Crippen LogP contribution in [0.2, 0.25) is 0 Å². The largest absolute Gasteiger partial charge is 0.486 e. The molecule has 0 aliphatic heterocycles. The van der Waals surface area contributed by atoms with Crippen LogP contribution in [0.3, 0.4) is 0 Å². The number of hydrogen-bond acceptors (Lipinski definition) is 4. The molecule has 2 aromatic rings. The Kier molecular flexibility index (Phi) is 5.14. The highest BCUT2D eigenvalue weighted by Gasteiger charge is 2.08. The van der Waals surface area contributed by atoms with Crippen LogP contribution in [0.25, 0.3) is 0 Å². The van der Waals surface area contributed by atoms with Crippen LogP contribution >= 0.6 is 15.9 Å². The number of rotatable bonds is 6. The van der Waals surface area contributed by atoms with Gasteiger partial charge in [-0.15, -0.1) is 0 Å². The van der Waals surface area contributed by atoms with Crippen molar-refractivity contribution in [3.63, 3.8) is 0 Å². The van der Waals surface area contributed by atoms with Gasteiger partial charge in [-0.3, -0.25) is 0 Å². The fourth-order valence-corrected chi connectivity index (χ4v) is 2.18. The molecule has 0 bridgehead atoms.